The normalized spacial score (nSPS) is 36.3. The van der Waals surface area contributed by atoms with Gasteiger partial charge in [-0.3, -0.25) is 4.90 Å². The number of rotatable bonds is 4. The van der Waals surface area contributed by atoms with Crippen molar-refractivity contribution < 1.29 is 19.7 Å². The Bertz CT molecular complexity index is 289. The average Bonchev–Trinajstić information content (AvgIpc) is 2.38. The second-order valence-corrected chi connectivity index (χ2v) is 6.67. The number of nitrogens with zero attached hydrogens (tertiary/aromatic N) is 1. The van der Waals surface area contributed by atoms with Gasteiger partial charge in [-0.2, -0.15) is 0 Å². The van der Waals surface area contributed by atoms with Gasteiger partial charge in [0.15, 0.2) is 0 Å². The zero-order valence-corrected chi connectivity index (χ0v) is 12.1. The molecule has 2 atom stereocenters. The molecule has 112 valence electrons. The van der Waals surface area contributed by atoms with Crippen LogP contribution in [0.4, 0.5) is 0 Å². The standard InChI is InChI=1S/C14H27NO4/c1-13(2)8-15(6-12(7-16)19-13)9-14(10-17)4-3-5-18-11-14/h12,16-17H,3-11H2,1-2H3. The van der Waals surface area contributed by atoms with Gasteiger partial charge in [-0.05, 0) is 26.7 Å². The number of aliphatic hydroxyl groups is 2. The number of ether oxygens (including phenoxy) is 2. The van der Waals surface area contributed by atoms with E-state index in [1.165, 1.54) is 0 Å². The Hall–Kier alpha value is -0.200. The fourth-order valence-electron chi connectivity index (χ4n) is 3.32. The number of hydrogen-bond acceptors (Lipinski definition) is 5. The van der Waals surface area contributed by atoms with Gasteiger partial charge in [0.1, 0.15) is 0 Å². The minimum absolute atomic E-state index is 0.0442. The Morgan fingerprint density at radius 1 is 1.32 bits per heavy atom. The van der Waals surface area contributed by atoms with E-state index in [2.05, 4.69) is 4.90 Å². The first-order valence-corrected chi connectivity index (χ1v) is 7.18. The minimum Gasteiger partial charge on any atom is -0.396 e. The molecule has 5 nitrogen and oxygen atoms in total. The zero-order chi connectivity index (χ0) is 13.9. The summed E-state index contributed by atoms with van der Waals surface area (Å²) >= 11 is 0. The van der Waals surface area contributed by atoms with Gasteiger partial charge < -0.3 is 19.7 Å². The third-order valence-electron chi connectivity index (χ3n) is 4.05. The van der Waals surface area contributed by atoms with Gasteiger partial charge in [0, 0.05) is 31.7 Å². The fraction of sp³-hybridized carbons (Fsp3) is 1.00. The van der Waals surface area contributed by atoms with Crippen LogP contribution in [0.5, 0.6) is 0 Å². The number of morpholine rings is 1. The molecular formula is C14H27NO4. The smallest absolute Gasteiger partial charge is 0.0940 e. The van der Waals surface area contributed by atoms with Crippen LogP contribution in [0, 0.1) is 5.41 Å². The lowest BCUT2D eigenvalue weighted by molar-refractivity contribution is -0.161. The molecular weight excluding hydrogens is 246 g/mol. The highest BCUT2D eigenvalue weighted by Gasteiger charge is 2.39. The predicted octanol–water partition coefficient (Wildman–Crippen LogP) is 0.247. The van der Waals surface area contributed by atoms with Crippen molar-refractivity contribution in [3.05, 3.63) is 0 Å². The summed E-state index contributed by atoms with van der Waals surface area (Å²) in [4.78, 5) is 2.30. The van der Waals surface area contributed by atoms with Crippen molar-refractivity contribution in [2.24, 2.45) is 5.41 Å². The van der Waals surface area contributed by atoms with Gasteiger partial charge in [0.25, 0.3) is 0 Å². The maximum Gasteiger partial charge on any atom is 0.0940 e. The molecule has 0 aliphatic carbocycles. The molecule has 2 aliphatic heterocycles. The average molecular weight is 273 g/mol. The van der Waals surface area contributed by atoms with E-state index in [1.54, 1.807) is 0 Å². The Labute approximate surface area is 115 Å². The van der Waals surface area contributed by atoms with E-state index in [4.69, 9.17) is 9.47 Å². The molecule has 2 N–H and O–H groups in total. The molecule has 0 saturated carbocycles. The first-order chi connectivity index (χ1) is 8.99. The Morgan fingerprint density at radius 2 is 2.11 bits per heavy atom. The Kier molecular flexibility index (Phi) is 4.84. The topological polar surface area (TPSA) is 62.2 Å². The summed E-state index contributed by atoms with van der Waals surface area (Å²) in [5.41, 5.74) is -0.399. The van der Waals surface area contributed by atoms with Crippen molar-refractivity contribution in [3.63, 3.8) is 0 Å². The van der Waals surface area contributed by atoms with E-state index < -0.39 is 0 Å². The number of hydrogen-bond donors (Lipinski definition) is 2. The van der Waals surface area contributed by atoms with Gasteiger partial charge in [0.05, 0.1) is 31.5 Å². The molecule has 5 heteroatoms. The molecule has 0 aromatic rings. The Morgan fingerprint density at radius 3 is 2.68 bits per heavy atom. The van der Waals surface area contributed by atoms with Gasteiger partial charge in [0.2, 0.25) is 0 Å². The lowest BCUT2D eigenvalue weighted by Gasteiger charge is -2.46. The third kappa shape index (κ3) is 3.89. The zero-order valence-electron chi connectivity index (χ0n) is 12.1. The van der Waals surface area contributed by atoms with E-state index in [1.807, 2.05) is 13.8 Å². The van der Waals surface area contributed by atoms with Crippen LogP contribution in [-0.4, -0.2) is 72.9 Å². The van der Waals surface area contributed by atoms with Gasteiger partial charge in [-0.25, -0.2) is 0 Å². The molecule has 0 spiro atoms. The summed E-state index contributed by atoms with van der Waals surface area (Å²) < 4.78 is 11.4. The molecule has 0 aromatic heterocycles. The second kappa shape index (κ2) is 6.06. The van der Waals surface area contributed by atoms with E-state index in [0.717, 1.165) is 39.1 Å². The highest BCUT2D eigenvalue weighted by Crippen LogP contribution is 2.31. The molecule has 2 unspecified atom stereocenters. The molecule has 0 amide bonds. The van der Waals surface area contributed by atoms with E-state index in [9.17, 15) is 10.2 Å². The van der Waals surface area contributed by atoms with Gasteiger partial charge >= 0.3 is 0 Å². The van der Waals surface area contributed by atoms with E-state index >= 15 is 0 Å². The Balaban J connectivity index is 2.00. The largest absolute Gasteiger partial charge is 0.396 e. The van der Waals surface area contributed by atoms with Gasteiger partial charge in [-0.15, -0.1) is 0 Å². The van der Waals surface area contributed by atoms with Crippen LogP contribution in [0.3, 0.4) is 0 Å². The molecule has 2 fully saturated rings. The van der Waals surface area contributed by atoms with Crippen molar-refractivity contribution in [1.82, 2.24) is 4.90 Å². The molecule has 19 heavy (non-hydrogen) atoms. The van der Waals surface area contributed by atoms with Crippen LogP contribution in [0.1, 0.15) is 26.7 Å². The molecule has 2 rings (SSSR count). The van der Waals surface area contributed by atoms with Crippen LogP contribution < -0.4 is 0 Å². The lowest BCUT2D eigenvalue weighted by Crippen LogP contribution is -2.57. The highest BCUT2D eigenvalue weighted by atomic mass is 16.5. The summed E-state index contributed by atoms with van der Waals surface area (Å²) in [7, 11) is 0. The van der Waals surface area contributed by atoms with Crippen LogP contribution in [-0.2, 0) is 9.47 Å². The van der Waals surface area contributed by atoms with E-state index in [0.29, 0.717) is 6.61 Å². The summed E-state index contributed by atoms with van der Waals surface area (Å²) in [6.07, 6.45) is 1.88. The highest BCUT2D eigenvalue weighted by molar-refractivity contribution is 4.90. The van der Waals surface area contributed by atoms with Gasteiger partial charge in [-0.1, -0.05) is 0 Å². The predicted molar refractivity (Wildman–Crippen MR) is 72.0 cm³/mol. The molecule has 2 heterocycles. The second-order valence-electron chi connectivity index (χ2n) is 6.67. The third-order valence-corrected chi connectivity index (χ3v) is 4.05. The molecule has 0 bridgehead atoms. The summed E-state index contributed by atoms with van der Waals surface area (Å²) in [5, 5.41) is 19.1. The quantitative estimate of drug-likeness (QED) is 0.769. The minimum atomic E-state index is -0.252. The van der Waals surface area contributed by atoms with Crippen molar-refractivity contribution in [3.8, 4) is 0 Å². The first kappa shape index (κ1) is 15.2. The molecule has 2 aliphatic rings. The van der Waals surface area contributed by atoms with Crippen LogP contribution in [0.2, 0.25) is 0 Å². The molecule has 0 radical (unpaired) electrons. The molecule has 2 saturated heterocycles. The molecule has 0 aromatic carbocycles. The summed E-state index contributed by atoms with van der Waals surface area (Å²) in [6.45, 7) is 8.09. The summed E-state index contributed by atoms with van der Waals surface area (Å²) in [6, 6.07) is 0. The fourth-order valence-corrected chi connectivity index (χ4v) is 3.32. The first-order valence-electron chi connectivity index (χ1n) is 7.18. The van der Waals surface area contributed by atoms with Crippen LogP contribution in [0.25, 0.3) is 0 Å². The lowest BCUT2D eigenvalue weighted by atomic mass is 9.82. The van der Waals surface area contributed by atoms with Crippen molar-refractivity contribution >= 4 is 0 Å². The number of aliphatic hydroxyl groups excluding tert-OH is 2. The van der Waals surface area contributed by atoms with Crippen molar-refractivity contribution in [2.75, 3.05) is 46.1 Å². The van der Waals surface area contributed by atoms with Crippen LogP contribution >= 0.6 is 0 Å². The van der Waals surface area contributed by atoms with E-state index in [-0.39, 0.29) is 30.3 Å². The van der Waals surface area contributed by atoms with Crippen LogP contribution in [0.15, 0.2) is 0 Å². The summed E-state index contributed by atoms with van der Waals surface area (Å²) in [5.74, 6) is 0. The maximum atomic E-state index is 9.74. The van der Waals surface area contributed by atoms with Crippen molar-refractivity contribution in [1.29, 1.82) is 0 Å². The maximum absolute atomic E-state index is 9.74. The SMILES string of the molecule is CC1(C)CN(CC2(CO)CCCOC2)CC(CO)O1. The van der Waals surface area contributed by atoms with Crippen molar-refractivity contribution in [2.45, 2.75) is 38.4 Å². The monoisotopic (exact) mass is 273 g/mol.